The first-order chi connectivity index (χ1) is 4.05. The highest BCUT2D eigenvalue weighted by atomic mass is 19.4. The van der Waals surface area contributed by atoms with Crippen molar-refractivity contribution in [2.75, 3.05) is 0 Å². The lowest BCUT2D eigenvalue weighted by Gasteiger charge is -2.00. The molecule has 0 N–H and O–H groups in total. The molecule has 9 heavy (non-hydrogen) atoms. The van der Waals surface area contributed by atoms with Crippen molar-refractivity contribution < 1.29 is 13.2 Å². The molecule has 0 aromatic carbocycles. The number of terminal acetylenes is 1. The van der Waals surface area contributed by atoms with Crippen LogP contribution in [-0.4, -0.2) is 6.18 Å². The topological polar surface area (TPSA) is 0 Å². The minimum atomic E-state index is -4.06. The zero-order valence-corrected chi connectivity index (χ0v) is 4.57. The molecule has 50 valence electrons. The molecule has 1 aliphatic carbocycles. The first-order valence-corrected chi connectivity index (χ1v) is 2.58. The molecule has 0 heterocycles. The van der Waals surface area contributed by atoms with Gasteiger partial charge in [-0.2, -0.15) is 13.2 Å². The van der Waals surface area contributed by atoms with E-state index in [0.29, 0.717) is 0 Å². The molecule has 3 heteroatoms. The van der Waals surface area contributed by atoms with Gasteiger partial charge in [-0.25, -0.2) is 0 Å². The van der Waals surface area contributed by atoms with Gasteiger partial charge in [0.05, 0.1) is 5.92 Å². The Morgan fingerprint density at radius 1 is 1.44 bits per heavy atom. The third kappa shape index (κ3) is 1.18. The van der Waals surface area contributed by atoms with Crippen molar-refractivity contribution >= 4 is 0 Å². The second-order valence-corrected chi connectivity index (χ2v) is 2.16. The molecule has 2 unspecified atom stereocenters. The summed E-state index contributed by atoms with van der Waals surface area (Å²) in [6.45, 7) is 0. The van der Waals surface area contributed by atoms with Gasteiger partial charge in [0.2, 0.25) is 0 Å². The largest absolute Gasteiger partial charge is 0.393 e. The molecule has 0 aliphatic heterocycles. The van der Waals surface area contributed by atoms with E-state index in [1.807, 2.05) is 0 Å². The minimum Gasteiger partial charge on any atom is -0.171 e. The Labute approximate surface area is 51.1 Å². The molecule has 0 radical (unpaired) electrons. The first kappa shape index (κ1) is 6.47. The van der Waals surface area contributed by atoms with Gasteiger partial charge in [-0.1, -0.05) is 0 Å². The summed E-state index contributed by atoms with van der Waals surface area (Å²) in [6, 6.07) is 0. The molecule has 0 spiro atoms. The molecule has 1 saturated carbocycles. The smallest absolute Gasteiger partial charge is 0.171 e. The van der Waals surface area contributed by atoms with E-state index in [1.165, 1.54) is 0 Å². The molecular formula is C6H5F3. The van der Waals surface area contributed by atoms with E-state index >= 15 is 0 Å². The van der Waals surface area contributed by atoms with Crippen LogP contribution in [0.2, 0.25) is 0 Å². The van der Waals surface area contributed by atoms with E-state index < -0.39 is 18.0 Å². The van der Waals surface area contributed by atoms with Gasteiger partial charge in [0.15, 0.2) is 0 Å². The summed E-state index contributed by atoms with van der Waals surface area (Å²) in [5.74, 6) is 0.332. The Hall–Kier alpha value is -0.650. The van der Waals surface area contributed by atoms with Crippen molar-refractivity contribution in [1.82, 2.24) is 0 Å². The maximum Gasteiger partial charge on any atom is 0.393 e. The van der Waals surface area contributed by atoms with Crippen molar-refractivity contribution in [2.24, 2.45) is 11.8 Å². The molecule has 1 aliphatic rings. The zero-order valence-electron chi connectivity index (χ0n) is 4.57. The SMILES string of the molecule is C#CC1CC1C(F)(F)F. The van der Waals surface area contributed by atoms with Gasteiger partial charge in [0, 0.05) is 5.92 Å². The fourth-order valence-corrected chi connectivity index (χ4v) is 0.741. The monoisotopic (exact) mass is 134 g/mol. The van der Waals surface area contributed by atoms with Crippen molar-refractivity contribution in [3.8, 4) is 12.3 Å². The van der Waals surface area contributed by atoms with Crippen LogP contribution in [0.25, 0.3) is 0 Å². The van der Waals surface area contributed by atoms with Crippen LogP contribution in [0.15, 0.2) is 0 Å². The van der Waals surface area contributed by atoms with Crippen LogP contribution in [0.4, 0.5) is 13.2 Å². The maximum absolute atomic E-state index is 11.6. The van der Waals surface area contributed by atoms with Crippen molar-refractivity contribution in [1.29, 1.82) is 0 Å². The Bertz CT molecular complexity index is 151. The summed E-state index contributed by atoms with van der Waals surface area (Å²) in [4.78, 5) is 0. The van der Waals surface area contributed by atoms with E-state index in [1.54, 1.807) is 0 Å². The minimum absolute atomic E-state index is 0.125. The maximum atomic E-state index is 11.6. The number of hydrogen-bond donors (Lipinski definition) is 0. The summed E-state index contributed by atoms with van der Waals surface area (Å²) in [7, 11) is 0. The van der Waals surface area contributed by atoms with Gasteiger partial charge in [-0.15, -0.1) is 12.3 Å². The van der Waals surface area contributed by atoms with Crippen LogP contribution in [0.1, 0.15) is 6.42 Å². The van der Waals surface area contributed by atoms with E-state index in [4.69, 9.17) is 6.42 Å². The number of alkyl halides is 3. The van der Waals surface area contributed by atoms with E-state index in [9.17, 15) is 13.2 Å². The van der Waals surface area contributed by atoms with Crippen LogP contribution in [0, 0.1) is 24.2 Å². The predicted molar refractivity (Wildman–Crippen MR) is 26.5 cm³/mol. The number of hydrogen-bond acceptors (Lipinski definition) is 0. The third-order valence-electron chi connectivity index (χ3n) is 1.42. The van der Waals surface area contributed by atoms with Crippen molar-refractivity contribution in [3.63, 3.8) is 0 Å². The normalized spacial score (nSPS) is 33.6. The van der Waals surface area contributed by atoms with Gasteiger partial charge in [0.1, 0.15) is 0 Å². The van der Waals surface area contributed by atoms with Crippen molar-refractivity contribution in [2.45, 2.75) is 12.6 Å². The van der Waals surface area contributed by atoms with Gasteiger partial charge >= 0.3 is 6.18 Å². The average molecular weight is 134 g/mol. The molecule has 0 nitrogen and oxygen atoms in total. The molecular weight excluding hydrogens is 129 g/mol. The third-order valence-corrected chi connectivity index (χ3v) is 1.42. The van der Waals surface area contributed by atoms with Crippen LogP contribution >= 0.6 is 0 Å². The fourth-order valence-electron chi connectivity index (χ4n) is 0.741. The summed E-state index contributed by atoms with van der Waals surface area (Å²) in [5.41, 5.74) is 0. The van der Waals surface area contributed by atoms with Crippen molar-refractivity contribution in [3.05, 3.63) is 0 Å². The first-order valence-electron chi connectivity index (χ1n) is 2.58. The lowest BCUT2D eigenvalue weighted by atomic mass is 10.3. The van der Waals surface area contributed by atoms with E-state index in [-0.39, 0.29) is 6.42 Å². The number of rotatable bonds is 0. The molecule has 0 bridgehead atoms. The summed E-state index contributed by atoms with van der Waals surface area (Å²) in [6.07, 6.45) is 0.837. The quantitative estimate of drug-likeness (QED) is 0.443. The van der Waals surface area contributed by atoms with Crippen LogP contribution in [0.5, 0.6) is 0 Å². The lowest BCUT2D eigenvalue weighted by Crippen LogP contribution is -2.11. The Balaban J connectivity index is 2.45. The molecule has 0 saturated heterocycles. The van der Waals surface area contributed by atoms with Crippen LogP contribution < -0.4 is 0 Å². The highest BCUT2D eigenvalue weighted by molar-refractivity contribution is 5.09. The van der Waals surface area contributed by atoms with Crippen LogP contribution in [0.3, 0.4) is 0 Å². The second kappa shape index (κ2) is 1.66. The summed E-state index contributed by atoms with van der Waals surface area (Å²) >= 11 is 0. The highest BCUT2D eigenvalue weighted by Crippen LogP contribution is 2.49. The van der Waals surface area contributed by atoms with Gasteiger partial charge in [-0.05, 0) is 6.42 Å². The van der Waals surface area contributed by atoms with Crippen LogP contribution in [-0.2, 0) is 0 Å². The Morgan fingerprint density at radius 3 is 2.11 bits per heavy atom. The zero-order chi connectivity index (χ0) is 7.07. The Morgan fingerprint density at radius 2 is 2.00 bits per heavy atom. The fraction of sp³-hybridized carbons (Fsp3) is 0.667. The predicted octanol–water partition coefficient (Wildman–Crippen LogP) is 1.82. The average Bonchev–Trinajstić information content (AvgIpc) is 2.39. The standard InChI is InChI=1S/C6H5F3/c1-2-4-3-5(4)6(7,8)9/h1,4-5H,3H2. The summed E-state index contributed by atoms with van der Waals surface area (Å²) < 4.78 is 34.7. The highest BCUT2D eigenvalue weighted by Gasteiger charge is 2.54. The summed E-state index contributed by atoms with van der Waals surface area (Å²) in [5, 5.41) is 0. The van der Waals surface area contributed by atoms with E-state index in [2.05, 4.69) is 5.92 Å². The molecule has 1 fully saturated rings. The van der Waals surface area contributed by atoms with Gasteiger partial charge in [-0.3, -0.25) is 0 Å². The van der Waals surface area contributed by atoms with E-state index in [0.717, 1.165) is 0 Å². The molecule has 0 aromatic heterocycles. The lowest BCUT2D eigenvalue weighted by molar-refractivity contribution is -0.149. The second-order valence-electron chi connectivity index (χ2n) is 2.16. The van der Waals surface area contributed by atoms with Gasteiger partial charge < -0.3 is 0 Å². The van der Waals surface area contributed by atoms with Gasteiger partial charge in [0.25, 0.3) is 0 Å². The Kier molecular flexibility index (Phi) is 1.20. The number of halogens is 3. The molecule has 1 rings (SSSR count). The molecule has 0 amide bonds. The molecule has 0 aromatic rings. The molecule has 2 atom stereocenters.